The Balaban J connectivity index is 2.47. The van der Waals surface area contributed by atoms with E-state index >= 15 is 0 Å². The van der Waals surface area contributed by atoms with Gasteiger partial charge in [-0.1, -0.05) is 18.2 Å². The normalized spacial score (nSPS) is 9.43. The van der Waals surface area contributed by atoms with Crippen LogP contribution in [0.4, 0.5) is 5.69 Å². The van der Waals surface area contributed by atoms with Crippen LogP contribution < -0.4 is 11.1 Å². The zero-order valence-electron chi connectivity index (χ0n) is 7.99. The highest BCUT2D eigenvalue weighted by atomic mass is 16.1. The molecule has 0 unspecified atom stereocenters. The molecule has 0 atom stereocenters. The molecule has 14 heavy (non-hydrogen) atoms. The lowest BCUT2D eigenvalue weighted by atomic mass is 10.1. The smallest absolute Gasteiger partial charge is 0.224 e. The average molecular weight is 190 g/mol. The molecule has 1 rings (SSSR count). The summed E-state index contributed by atoms with van der Waals surface area (Å²) in [6.45, 7) is 4.03. The molecular formula is C11H14N2O. The van der Waals surface area contributed by atoms with Gasteiger partial charge >= 0.3 is 0 Å². The minimum Gasteiger partial charge on any atom is -0.399 e. The third kappa shape index (κ3) is 3.31. The Morgan fingerprint density at radius 1 is 1.43 bits per heavy atom. The fourth-order valence-corrected chi connectivity index (χ4v) is 1.07. The molecule has 0 radical (unpaired) electrons. The number of nitrogen functional groups attached to an aromatic ring is 1. The molecule has 3 heteroatoms. The minimum atomic E-state index is -0.00493. The number of amides is 1. The highest BCUT2D eigenvalue weighted by Gasteiger charge is 2.00. The average Bonchev–Trinajstić information content (AvgIpc) is 2.18. The maximum absolute atomic E-state index is 11.3. The van der Waals surface area contributed by atoms with Crippen LogP contribution >= 0.6 is 0 Å². The van der Waals surface area contributed by atoms with Crippen molar-refractivity contribution in [1.82, 2.24) is 5.32 Å². The van der Waals surface area contributed by atoms with Crippen LogP contribution in [0.15, 0.2) is 36.9 Å². The van der Waals surface area contributed by atoms with Crippen molar-refractivity contribution in [3.63, 3.8) is 0 Å². The van der Waals surface area contributed by atoms with Crippen molar-refractivity contribution in [3.05, 3.63) is 42.5 Å². The Hall–Kier alpha value is -1.77. The van der Waals surface area contributed by atoms with E-state index in [1.807, 2.05) is 12.1 Å². The first-order chi connectivity index (χ1) is 6.72. The molecule has 1 amide bonds. The molecule has 0 spiro atoms. The van der Waals surface area contributed by atoms with E-state index in [9.17, 15) is 4.79 Å². The summed E-state index contributed by atoms with van der Waals surface area (Å²) in [5.41, 5.74) is 7.19. The standard InChI is InChI=1S/C11H14N2O/c1-2-7-13-11(14)8-9-3-5-10(12)6-4-9/h2-6H,1,7-8,12H2,(H,13,14). The maximum Gasteiger partial charge on any atom is 0.224 e. The van der Waals surface area contributed by atoms with Gasteiger partial charge in [-0.3, -0.25) is 4.79 Å². The third-order valence-electron chi connectivity index (χ3n) is 1.79. The second kappa shape index (κ2) is 5.07. The number of carbonyl (C=O) groups excluding carboxylic acids is 1. The van der Waals surface area contributed by atoms with E-state index in [1.54, 1.807) is 18.2 Å². The molecule has 0 aliphatic rings. The number of carbonyl (C=O) groups is 1. The fourth-order valence-electron chi connectivity index (χ4n) is 1.07. The van der Waals surface area contributed by atoms with E-state index in [2.05, 4.69) is 11.9 Å². The van der Waals surface area contributed by atoms with Gasteiger partial charge in [0.2, 0.25) is 5.91 Å². The lowest BCUT2D eigenvalue weighted by molar-refractivity contribution is -0.120. The van der Waals surface area contributed by atoms with Crippen LogP contribution in [0, 0.1) is 0 Å². The summed E-state index contributed by atoms with van der Waals surface area (Å²) in [5.74, 6) is -0.00493. The number of hydrogen-bond acceptors (Lipinski definition) is 2. The number of nitrogens with one attached hydrogen (secondary N) is 1. The molecule has 0 aliphatic carbocycles. The topological polar surface area (TPSA) is 55.1 Å². The number of benzene rings is 1. The van der Waals surface area contributed by atoms with Crippen LogP contribution in [-0.2, 0) is 11.2 Å². The van der Waals surface area contributed by atoms with E-state index in [-0.39, 0.29) is 5.91 Å². The molecule has 1 aromatic rings. The maximum atomic E-state index is 11.3. The molecule has 74 valence electrons. The van der Waals surface area contributed by atoms with Gasteiger partial charge in [0.05, 0.1) is 6.42 Å². The SMILES string of the molecule is C=CCNC(=O)Cc1ccc(N)cc1. The van der Waals surface area contributed by atoms with Crippen LogP contribution in [0.3, 0.4) is 0 Å². The van der Waals surface area contributed by atoms with Crippen molar-refractivity contribution in [1.29, 1.82) is 0 Å². The highest BCUT2D eigenvalue weighted by molar-refractivity contribution is 5.78. The highest BCUT2D eigenvalue weighted by Crippen LogP contribution is 2.05. The molecule has 0 bridgehead atoms. The van der Waals surface area contributed by atoms with Gasteiger partial charge in [-0.2, -0.15) is 0 Å². The summed E-state index contributed by atoms with van der Waals surface area (Å²) in [4.78, 5) is 11.3. The lowest BCUT2D eigenvalue weighted by Gasteiger charge is -2.02. The molecule has 3 nitrogen and oxygen atoms in total. The molecular weight excluding hydrogens is 176 g/mol. The lowest BCUT2D eigenvalue weighted by Crippen LogP contribution is -2.24. The first kappa shape index (κ1) is 10.3. The molecule has 0 heterocycles. The van der Waals surface area contributed by atoms with Gasteiger partial charge < -0.3 is 11.1 Å². The van der Waals surface area contributed by atoms with Crippen LogP contribution in [0.1, 0.15) is 5.56 Å². The predicted octanol–water partition coefficient (Wildman–Crippen LogP) is 1.11. The quantitative estimate of drug-likeness (QED) is 0.552. The Kier molecular flexibility index (Phi) is 3.73. The number of nitrogens with two attached hydrogens (primary N) is 1. The number of anilines is 1. The fraction of sp³-hybridized carbons (Fsp3) is 0.182. The van der Waals surface area contributed by atoms with Gasteiger partial charge in [-0.05, 0) is 17.7 Å². The summed E-state index contributed by atoms with van der Waals surface area (Å²) < 4.78 is 0. The van der Waals surface area contributed by atoms with Gasteiger partial charge in [0, 0.05) is 12.2 Å². The minimum absolute atomic E-state index is 0.00493. The van der Waals surface area contributed by atoms with Crippen molar-refractivity contribution < 1.29 is 4.79 Å². The second-order valence-corrected chi connectivity index (χ2v) is 3.01. The monoisotopic (exact) mass is 190 g/mol. The summed E-state index contributed by atoms with van der Waals surface area (Å²) in [6, 6.07) is 7.28. The van der Waals surface area contributed by atoms with Gasteiger partial charge in [0.1, 0.15) is 0 Å². The summed E-state index contributed by atoms with van der Waals surface area (Å²) >= 11 is 0. The van der Waals surface area contributed by atoms with Crippen LogP contribution in [0.25, 0.3) is 0 Å². The van der Waals surface area contributed by atoms with Gasteiger partial charge in [0.25, 0.3) is 0 Å². The van der Waals surface area contributed by atoms with E-state index in [0.717, 1.165) is 5.56 Å². The first-order valence-corrected chi connectivity index (χ1v) is 4.44. The van der Waals surface area contributed by atoms with Crippen molar-refractivity contribution >= 4 is 11.6 Å². The Bertz CT molecular complexity index is 317. The second-order valence-electron chi connectivity index (χ2n) is 3.01. The zero-order chi connectivity index (χ0) is 10.4. The Labute approximate surface area is 83.6 Å². The number of rotatable bonds is 4. The molecule has 3 N–H and O–H groups in total. The molecule has 1 aromatic carbocycles. The van der Waals surface area contributed by atoms with Crippen molar-refractivity contribution in [2.75, 3.05) is 12.3 Å². The largest absolute Gasteiger partial charge is 0.399 e. The van der Waals surface area contributed by atoms with Crippen LogP contribution in [0.5, 0.6) is 0 Å². The van der Waals surface area contributed by atoms with Crippen LogP contribution in [-0.4, -0.2) is 12.5 Å². The summed E-state index contributed by atoms with van der Waals surface area (Å²) in [5, 5.41) is 2.71. The molecule has 0 saturated carbocycles. The third-order valence-corrected chi connectivity index (χ3v) is 1.79. The van der Waals surface area contributed by atoms with E-state index in [4.69, 9.17) is 5.73 Å². The van der Waals surface area contributed by atoms with Gasteiger partial charge in [-0.15, -0.1) is 6.58 Å². The summed E-state index contributed by atoms with van der Waals surface area (Å²) in [6.07, 6.45) is 2.04. The molecule has 0 fully saturated rings. The van der Waals surface area contributed by atoms with Crippen LogP contribution in [0.2, 0.25) is 0 Å². The molecule has 0 aromatic heterocycles. The van der Waals surface area contributed by atoms with Gasteiger partial charge in [0.15, 0.2) is 0 Å². The number of hydrogen-bond donors (Lipinski definition) is 2. The van der Waals surface area contributed by atoms with Crippen molar-refractivity contribution in [2.24, 2.45) is 0 Å². The Morgan fingerprint density at radius 3 is 2.64 bits per heavy atom. The van der Waals surface area contributed by atoms with E-state index < -0.39 is 0 Å². The van der Waals surface area contributed by atoms with Crippen molar-refractivity contribution in [2.45, 2.75) is 6.42 Å². The predicted molar refractivity (Wildman–Crippen MR) is 57.8 cm³/mol. The zero-order valence-corrected chi connectivity index (χ0v) is 7.99. The van der Waals surface area contributed by atoms with Crippen molar-refractivity contribution in [3.8, 4) is 0 Å². The Morgan fingerprint density at radius 2 is 2.07 bits per heavy atom. The van der Waals surface area contributed by atoms with Gasteiger partial charge in [-0.25, -0.2) is 0 Å². The first-order valence-electron chi connectivity index (χ1n) is 4.44. The summed E-state index contributed by atoms with van der Waals surface area (Å²) in [7, 11) is 0. The van der Waals surface area contributed by atoms with E-state index in [1.165, 1.54) is 0 Å². The molecule has 0 aliphatic heterocycles. The molecule has 0 saturated heterocycles. The van der Waals surface area contributed by atoms with E-state index in [0.29, 0.717) is 18.7 Å².